The minimum Gasteiger partial charge on any atom is -0.505 e. The van der Waals surface area contributed by atoms with Crippen molar-refractivity contribution in [1.29, 1.82) is 0 Å². The molecule has 3 rings (SSSR count). The maximum Gasteiger partial charge on any atom is 0.250 e. The van der Waals surface area contributed by atoms with Gasteiger partial charge in [-0.3, -0.25) is 0 Å². The lowest BCUT2D eigenvalue weighted by Gasteiger charge is -2.07. The molecule has 0 spiro atoms. The van der Waals surface area contributed by atoms with Gasteiger partial charge in [0.15, 0.2) is 5.82 Å². The molecule has 0 atom stereocenters. The van der Waals surface area contributed by atoms with Crippen molar-refractivity contribution < 1.29 is 10.2 Å². The number of azo groups is 2. The normalized spacial score (nSPS) is 11.8. The van der Waals surface area contributed by atoms with Crippen molar-refractivity contribution in [3.63, 3.8) is 0 Å². The molecular weight excluding hydrogens is 376 g/mol. The highest BCUT2D eigenvalue weighted by molar-refractivity contribution is 7.98. The van der Waals surface area contributed by atoms with Crippen LogP contribution in [0.1, 0.15) is 5.56 Å². The average Bonchev–Trinajstić information content (AvgIpc) is 3.27. The van der Waals surface area contributed by atoms with Gasteiger partial charge >= 0.3 is 0 Å². The Morgan fingerprint density at radius 2 is 1.81 bits per heavy atom. The highest BCUT2D eigenvalue weighted by atomic mass is 32.2. The Hall–Kier alpha value is -2.86. The van der Waals surface area contributed by atoms with Gasteiger partial charge < -0.3 is 10.2 Å². The molecule has 0 saturated heterocycles. The summed E-state index contributed by atoms with van der Waals surface area (Å²) in [6.45, 7) is 1.55. The Balaban J connectivity index is 1.94. The molecule has 0 amide bonds. The molecule has 0 unspecified atom stereocenters. The van der Waals surface area contributed by atoms with Crippen molar-refractivity contribution in [2.45, 2.75) is 12.1 Å². The molecule has 2 aromatic heterocycles. The number of thioether (sulfide) groups is 1. The van der Waals surface area contributed by atoms with E-state index in [4.69, 9.17) is 0 Å². The molecule has 0 fully saturated rings. The van der Waals surface area contributed by atoms with Crippen molar-refractivity contribution in [2.24, 2.45) is 27.5 Å². The molecule has 134 valence electrons. The van der Waals surface area contributed by atoms with Crippen molar-refractivity contribution in [3.05, 3.63) is 23.9 Å². The predicted molar refractivity (Wildman–Crippen MR) is 97.8 cm³/mol. The fourth-order valence-electron chi connectivity index (χ4n) is 1.91. The van der Waals surface area contributed by atoms with E-state index in [2.05, 4.69) is 34.9 Å². The summed E-state index contributed by atoms with van der Waals surface area (Å²) in [6, 6.07) is 3.06. The highest BCUT2D eigenvalue weighted by Gasteiger charge is 2.14. The number of hydrogen-bond donors (Lipinski definition) is 2. The van der Waals surface area contributed by atoms with Gasteiger partial charge in [-0.15, -0.1) is 20.5 Å². The Bertz CT molecular complexity index is 995. The van der Waals surface area contributed by atoms with Gasteiger partial charge in [-0.05, 0) is 13.2 Å². The van der Waals surface area contributed by atoms with Crippen LogP contribution < -0.4 is 0 Å². The van der Waals surface area contributed by atoms with E-state index in [1.54, 1.807) is 26.2 Å². The number of benzene rings is 1. The van der Waals surface area contributed by atoms with Crippen LogP contribution in [0.3, 0.4) is 0 Å². The van der Waals surface area contributed by atoms with Crippen molar-refractivity contribution in [2.75, 3.05) is 6.26 Å². The summed E-state index contributed by atoms with van der Waals surface area (Å²) in [5, 5.41) is 41.3. The van der Waals surface area contributed by atoms with Crippen LogP contribution in [-0.2, 0) is 7.05 Å². The van der Waals surface area contributed by atoms with Gasteiger partial charge in [0.1, 0.15) is 22.9 Å². The summed E-state index contributed by atoms with van der Waals surface area (Å²) in [5.41, 5.74) is 0.514. The van der Waals surface area contributed by atoms with Crippen LogP contribution in [0.4, 0.5) is 22.3 Å². The topological polar surface area (TPSA) is 134 Å². The number of phenolic OH excluding ortho intramolecular Hbond substituents is 2. The molecule has 0 bridgehead atoms. The third-order valence-electron chi connectivity index (χ3n) is 3.35. The first-order valence-corrected chi connectivity index (χ1v) is 9.24. The summed E-state index contributed by atoms with van der Waals surface area (Å²) >= 11 is 2.49. The van der Waals surface area contributed by atoms with Crippen LogP contribution >= 0.6 is 23.3 Å². The molecule has 0 aliphatic carbocycles. The highest BCUT2D eigenvalue weighted by Crippen LogP contribution is 2.43. The summed E-state index contributed by atoms with van der Waals surface area (Å²) < 4.78 is 5.62. The first-order valence-electron chi connectivity index (χ1n) is 7.24. The smallest absolute Gasteiger partial charge is 0.250 e. The van der Waals surface area contributed by atoms with Crippen LogP contribution in [0, 0.1) is 6.92 Å². The molecule has 0 radical (unpaired) electrons. The fourth-order valence-corrected chi connectivity index (χ4v) is 2.96. The molecule has 10 nitrogen and oxygen atoms in total. The Labute approximate surface area is 156 Å². The minimum absolute atomic E-state index is 0.139. The third kappa shape index (κ3) is 3.70. The largest absolute Gasteiger partial charge is 0.505 e. The molecule has 12 heteroatoms. The Morgan fingerprint density at radius 3 is 2.38 bits per heavy atom. The van der Waals surface area contributed by atoms with E-state index in [-0.39, 0.29) is 28.4 Å². The number of hydrogen-bond acceptors (Lipinski definition) is 11. The first-order chi connectivity index (χ1) is 12.5. The van der Waals surface area contributed by atoms with Crippen LogP contribution in [0.5, 0.6) is 11.5 Å². The molecule has 0 aliphatic rings. The van der Waals surface area contributed by atoms with E-state index in [0.717, 1.165) is 11.5 Å². The zero-order valence-corrected chi connectivity index (χ0v) is 15.7. The van der Waals surface area contributed by atoms with Gasteiger partial charge in [-0.1, -0.05) is 11.8 Å². The number of aromatic nitrogens is 4. The van der Waals surface area contributed by atoms with Gasteiger partial charge in [0.25, 0.3) is 0 Å². The van der Waals surface area contributed by atoms with Crippen LogP contribution in [0.15, 0.2) is 43.9 Å². The van der Waals surface area contributed by atoms with E-state index in [1.807, 2.05) is 6.26 Å². The number of rotatable bonds is 5. The number of aryl methyl sites for hydroxylation is 1. The van der Waals surface area contributed by atoms with Crippen molar-refractivity contribution >= 4 is 45.6 Å². The van der Waals surface area contributed by atoms with E-state index in [1.165, 1.54) is 22.5 Å². The third-order valence-corrected chi connectivity index (χ3v) is 4.61. The van der Waals surface area contributed by atoms with Gasteiger partial charge in [0, 0.05) is 36.3 Å². The van der Waals surface area contributed by atoms with Crippen molar-refractivity contribution in [1.82, 2.24) is 19.1 Å². The van der Waals surface area contributed by atoms with Gasteiger partial charge in [0.2, 0.25) is 10.3 Å². The minimum atomic E-state index is -0.194. The molecule has 0 aliphatic heterocycles. The predicted octanol–water partition coefficient (Wildman–Crippen LogP) is 4.54. The molecule has 1 aromatic carbocycles. The lowest BCUT2D eigenvalue weighted by Crippen LogP contribution is -1.87. The number of phenols is 2. The van der Waals surface area contributed by atoms with Gasteiger partial charge in [0.05, 0.1) is 6.20 Å². The maximum atomic E-state index is 10.2. The number of nitrogens with zero attached hydrogens (tertiary/aromatic N) is 8. The lowest BCUT2D eigenvalue weighted by molar-refractivity contribution is 0.444. The SMILES string of the molecule is CSc1nsc(/N=N/c2cc(/N=N/c3ccnn3C)c(O)c(C)c2O)n1. The molecule has 0 saturated carbocycles. The second-order valence-corrected chi connectivity index (χ2v) is 6.52. The standard InChI is InChI=1S/C14H14N8O2S2/c1-7-11(23)8(17-19-10-4-5-15-22(10)2)6-9(12(7)24)18-20-13-16-14(25-3)21-26-13/h4-6,23-24H,1-3H3/b19-17+,20-18+. The molecule has 26 heavy (non-hydrogen) atoms. The van der Waals surface area contributed by atoms with Crippen molar-refractivity contribution in [3.8, 4) is 11.5 Å². The van der Waals surface area contributed by atoms with E-state index in [9.17, 15) is 10.2 Å². The lowest BCUT2D eigenvalue weighted by atomic mass is 10.1. The molecule has 2 N–H and O–H groups in total. The first kappa shape index (κ1) is 17.9. The fraction of sp³-hybridized carbons (Fsp3) is 0.214. The molecule has 2 heterocycles. The van der Waals surface area contributed by atoms with E-state index >= 15 is 0 Å². The Morgan fingerprint density at radius 1 is 1.12 bits per heavy atom. The average molecular weight is 390 g/mol. The second kappa shape index (κ2) is 7.58. The van der Waals surface area contributed by atoms with Gasteiger partial charge in [-0.25, -0.2) is 4.68 Å². The quantitative estimate of drug-likeness (QED) is 0.485. The van der Waals surface area contributed by atoms with E-state index in [0.29, 0.717) is 16.1 Å². The number of aromatic hydroxyl groups is 2. The summed E-state index contributed by atoms with van der Waals surface area (Å²) in [5.74, 6) is 0.130. The zero-order valence-electron chi connectivity index (χ0n) is 14.0. The van der Waals surface area contributed by atoms with Crippen LogP contribution in [0.25, 0.3) is 0 Å². The summed E-state index contributed by atoms with van der Waals surface area (Å²) in [7, 11) is 1.72. The summed E-state index contributed by atoms with van der Waals surface area (Å²) in [6.07, 6.45) is 3.44. The molecule has 3 aromatic rings. The maximum absolute atomic E-state index is 10.2. The Kier molecular flexibility index (Phi) is 5.23. The second-order valence-electron chi connectivity index (χ2n) is 5.01. The monoisotopic (exact) mass is 390 g/mol. The van der Waals surface area contributed by atoms with E-state index < -0.39 is 0 Å². The van der Waals surface area contributed by atoms with Crippen LogP contribution in [0.2, 0.25) is 0 Å². The van der Waals surface area contributed by atoms with Crippen LogP contribution in [-0.4, -0.2) is 35.6 Å². The summed E-state index contributed by atoms with van der Waals surface area (Å²) in [4.78, 5) is 4.14. The zero-order chi connectivity index (χ0) is 18.7. The van der Waals surface area contributed by atoms with Gasteiger partial charge in [-0.2, -0.15) is 14.5 Å². The molecular formula is C14H14N8O2S2.